The van der Waals surface area contributed by atoms with Gasteiger partial charge >= 0.3 is 0 Å². The molecule has 4 rings (SSSR count). The average Bonchev–Trinajstić information content (AvgIpc) is 3.19. The van der Waals surface area contributed by atoms with Crippen LogP contribution < -0.4 is 5.32 Å². The van der Waals surface area contributed by atoms with Gasteiger partial charge in [-0.2, -0.15) is 4.68 Å². The maximum absolute atomic E-state index is 13.0. The van der Waals surface area contributed by atoms with E-state index < -0.39 is 11.4 Å². The largest absolute Gasteiger partial charge is 0.318 e. The van der Waals surface area contributed by atoms with E-state index in [2.05, 4.69) is 20.8 Å². The molecule has 29 heavy (non-hydrogen) atoms. The van der Waals surface area contributed by atoms with Crippen molar-refractivity contribution in [1.82, 2.24) is 30.4 Å². The summed E-state index contributed by atoms with van der Waals surface area (Å²) < 4.78 is 1.57. The van der Waals surface area contributed by atoms with Gasteiger partial charge in [-0.05, 0) is 42.3 Å². The molecule has 152 valence electrons. The Labute approximate surface area is 172 Å². The predicted octanol–water partition coefficient (Wildman–Crippen LogP) is 1.25. The molecular formula is C19H22N6O3S. The van der Waals surface area contributed by atoms with Crippen LogP contribution >= 0.6 is 11.8 Å². The summed E-state index contributed by atoms with van der Waals surface area (Å²) in [6.07, 6.45) is 3.94. The van der Waals surface area contributed by atoms with E-state index >= 15 is 0 Å². The predicted molar refractivity (Wildman–Crippen MR) is 105 cm³/mol. The zero-order valence-corrected chi connectivity index (χ0v) is 16.9. The number of amides is 3. The quantitative estimate of drug-likeness (QED) is 0.592. The summed E-state index contributed by atoms with van der Waals surface area (Å²) in [6.45, 7) is 1.91. The molecule has 2 aliphatic rings. The molecule has 1 aliphatic carbocycles. The van der Waals surface area contributed by atoms with Gasteiger partial charge in [0.2, 0.25) is 17.0 Å². The maximum Gasteiger partial charge on any atom is 0.252 e. The number of carbonyl (C=O) groups excluding carboxylic acids is 3. The smallest absolute Gasteiger partial charge is 0.252 e. The van der Waals surface area contributed by atoms with Gasteiger partial charge in [-0.1, -0.05) is 48.7 Å². The Morgan fingerprint density at radius 2 is 1.90 bits per heavy atom. The Bertz CT molecular complexity index is 936. The van der Waals surface area contributed by atoms with Crippen molar-refractivity contribution in [1.29, 1.82) is 0 Å². The van der Waals surface area contributed by atoms with E-state index in [1.165, 1.54) is 16.7 Å². The summed E-state index contributed by atoms with van der Waals surface area (Å²) in [4.78, 5) is 39.1. The average molecular weight is 414 g/mol. The number of hydrogen-bond donors (Lipinski definition) is 1. The third-order valence-electron chi connectivity index (χ3n) is 5.52. The van der Waals surface area contributed by atoms with Gasteiger partial charge in [-0.25, -0.2) is 0 Å². The topological polar surface area (TPSA) is 110 Å². The first-order chi connectivity index (χ1) is 14.0. The van der Waals surface area contributed by atoms with E-state index in [0.717, 1.165) is 30.5 Å². The van der Waals surface area contributed by atoms with Crippen LogP contribution in [0.1, 0.15) is 37.7 Å². The first-order valence-electron chi connectivity index (χ1n) is 9.63. The number of rotatable bonds is 4. The van der Waals surface area contributed by atoms with Crippen molar-refractivity contribution < 1.29 is 14.4 Å². The zero-order valence-electron chi connectivity index (χ0n) is 16.1. The number of imide groups is 1. The van der Waals surface area contributed by atoms with Crippen molar-refractivity contribution in [2.75, 3.05) is 12.3 Å². The first kappa shape index (κ1) is 19.6. The lowest BCUT2D eigenvalue weighted by Gasteiger charge is -2.47. The summed E-state index contributed by atoms with van der Waals surface area (Å²) in [5.74, 6) is -0.988. The molecule has 1 aromatic heterocycles. The maximum atomic E-state index is 13.0. The molecule has 1 N–H and O–H groups in total. The molecule has 0 bridgehead atoms. The molecule has 2 fully saturated rings. The van der Waals surface area contributed by atoms with Crippen LogP contribution in [0.2, 0.25) is 0 Å². The summed E-state index contributed by atoms with van der Waals surface area (Å²) in [6, 6.07) is 7.73. The van der Waals surface area contributed by atoms with Gasteiger partial charge in [0.05, 0.1) is 11.4 Å². The van der Waals surface area contributed by atoms with Gasteiger partial charge in [-0.15, -0.1) is 5.10 Å². The molecule has 9 nitrogen and oxygen atoms in total. The number of aromatic nitrogens is 4. The fourth-order valence-corrected chi connectivity index (χ4v) is 4.75. The third kappa shape index (κ3) is 3.76. The van der Waals surface area contributed by atoms with Crippen molar-refractivity contribution in [3.05, 3.63) is 29.8 Å². The monoisotopic (exact) mass is 414 g/mol. The number of hydrogen-bond acceptors (Lipinski definition) is 7. The first-order valence-corrected chi connectivity index (χ1v) is 10.6. The second-order valence-corrected chi connectivity index (χ2v) is 8.39. The van der Waals surface area contributed by atoms with Gasteiger partial charge in [-0.3, -0.25) is 19.7 Å². The molecule has 1 saturated carbocycles. The van der Waals surface area contributed by atoms with E-state index in [4.69, 9.17) is 0 Å². The van der Waals surface area contributed by atoms with Crippen LogP contribution in [-0.4, -0.2) is 60.7 Å². The molecule has 0 atom stereocenters. The van der Waals surface area contributed by atoms with E-state index in [1.54, 1.807) is 4.68 Å². The van der Waals surface area contributed by atoms with Gasteiger partial charge < -0.3 is 4.90 Å². The molecule has 1 spiro atoms. The van der Waals surface area contributed by atoms with E-state index in [-0.39, 0.29) is 24.1 Å². The molecule has 0 radical (unpaired) electrons. The van der Waals surface area contributed by atoms with Crippen molar-refractivity contribution >= 4 is 29.5 Å². The lowest BCUT2D eigenvalue weighted by molar-refractivity contribution is -0.158. The molecule has 2 heterocycles. The van der Waals surface area contributed by atoms with Crippen LogP contribution in [0.4, 0.5) is 0 Å². The van der Waals surface area contributed by atoms with Crippen LogP contribution in [0.15, 0.2) is 29.4 Å². The Hall–Kier alpha value is -2.75. The minimum atomic E-state index is -0.910. The fourth-order valence-electron chi connectivity index (χ4n) is 3.98. The number of piperazine rings is 1. The standard InChI is InChI=1S/C19H22N6O3S/c1-13-5-7-14(8-6-13)25-18(21-22-23-25)29-12-16(27)24-11-15(26)20-17(28)19(24)9-3-2-4-10-19/h5-8H,2-4,9-12H2,1H3,(H,20,26,28). The summed E-state index contributed by atoms with van der Waals surface area (Å²) in [7, 11) is 0. The number of tetrazole rings is 1. The van der Waals surface area contributed by atoms with E-state index in [1.807, 2.05) is 31.2 Å². The molecular weight excluding hydrogens is 392 g/mol. The van der Waals surface area contributed by atoms with Gasteiger partial charge in [0.1, 0.15) is 12.1 Å². The number of nitrogens with one attached hydrogen (secondary N) is 1. The van der Waals surface area contributed by atoms with Crippen molar-refractivity contribution in [3.63, 3.8) is 0 Å². The minimum Gasteiger partial charge on any atom is -0.318 e. The van der Waals surface area contributed by atoms with Crippen LogP contribution in [0.5, 0.6) is 0 Å². The Morgan fingerprint density at radius 3 is 2.62 bits per heavy atom. The molecule has 0 unspecified atom stereocenters. The highest BCUT2D eigenvalue weighted by molar-refractivity contribution is 7.99. The van der Waals surface area contributed by atoms with Crippen LogP contribution in [0, 0.1) is 6.92 Å². The second-order valence-electron chi connectivity index (χ2n) is 7.45. The number of aryl methyl sites for hydroxylation is 1. The van der Waals surface area contributed by atoms with E-state index in [0.29, 0.717) is 18.0 Å². The fraction of sp³-hybridized carbons (Fsp3) is 0.474. The van der Waals surface area contributed by atoms with Crippen molar-refractivity contribution in [2.24, 2.45) is 0 Å². The van der Waals surface area contributed by atoms with E-state index in [9.17, 15) is 14.4 Å². The van der Waals surface area contributed by atoms with Crippen LogP contribution in [0.25, 0.3) is 5.69 Å². The van der Waals surface area contributed by atoms with Crippen molar-refractivity contribution in [2.45, 2.75) is 49.7 Å². The van der Waals surface area contributed by atoms with Crippen LogP contribution in [0.3, 0.4) is 0 Å². The summed E-state index contributed by atoms with van der Waals surface area (Å²) >= 11 is 1.20. The third-order valence-corrected chi connectivity index (χ3v) is 6.42. The highest BCUT2D eigenvalue weighted by Crippen LogP contribution is 2.36. The summed E-state index contributed by atoms with van der Waals surface area (Å²) in [5, 5.41) is 14.6. The minimum absolute atomic E-state index is 0.0501. The molecule has 1 aromatic carbocycles. The van der Waals surface area contributed by atoms with Gasteiger partial charge in [0.15, 0.2) is 0 Å². The number of benzene rings is 1. The second kappa shape index (κ2) is 7.94. The normalized spacial score (nSPS) is 18.7. The Kier molecular flexibility index (Phi) is 5.35. The molecule has 1 aliphatic heterocycles. The highest BCUT2D eigenvalue weighted by Gasteiger charge is 2.50. The number of thioether (sulfide) groups is 1. The molecule has 10 heteroatoms. The Morgan fingerprint density at radius 1 is 1.17 bits per heavy atom. The van der Waals surface area contributed by atoms with Gasteiger partial charge in [0, 0.05) is 0 Å². The lowest BCUT2D eigenvalue weighted by atomic mass is 9.78. The SMILES string of the molecule is Cc1ccc(-n2nnnc2SCC(=O)N2CC(=O)NC(=O)C23CCCCC3)cc1. The highest BCUT2D eigenvalue weighted by atomic mass is 32.2. The molecule has 1 saturated heterocycles. The molecule has 2 aromatic rings. The number of carbonyl (C=O) groups is 3. The van der Waals surface area contributed by atoms with Gasteiger partial charge in [0.25, 0.3) is 5.91 Å². The number of nitrogens with zero attached hydrogens (tertiary/aromatic N) is 5. The zero-order chi connectivity index (χ0) is 20.4. The summed E-state index contributed by atoms with van der Waals surface area (Å²) in [5.41, 5.74) is 1.01. The molecule has 3 amide bonds. The lowest BCUT2D eigenvalue weighted by Crippen LogP contribution is -2.69. The Balaban J connectivity index is 1.51. The van der Waals surface area contributed by atoms with Crippen LogP contribution in [-0.2, 0) is 14.4 Å². The van der Waals surface area contributed by atoms with Crippen molar-refractivity contribution in [3.8, 4) is 5.69 Å².